The molecule has 0 aliphatic carbocycles. The fraction of sp³-hybridized carbons (Fsp3) is 0. The summed E-state index contributed by atoms with van der Waals surface area (Å²) in [6, 6.07) is 19.4. The molecule has 0 unspecified atom stereocenters. The highest BCUT2D eigenvalue weighted by molar-refractivity contribution is 14.1. The van der Waals surface area contributed by atoms with Gasteiger partial charge in [-0.2, -0.15) is 0 Å². The van der Waals surface area contributed by atoms with Gasteiger partial charge in [0, 0.05) is 26.6 Å². The van der Waals surface area contributed by atoms with Gasteiger partial charge in [0.1, 0.15) is 11.3 Å². The van der Waals surface area contributed by atoms with E-state index in [4.69, 9.17) is 33.2 Å². The van der Waals surface area contributed by atoms with E-state index in [0.29, 0.717) is 10.0 Å². The van der Waals surface area contributed by atoms with Gasteiger partial charge in [-0.25, -0.2) is 9.98 Å². The van der Waals surface area contributed by atoms with Gasteiger partial charge in [-0.05, 0) is 70.6 Å². The molecule has 0 spiro atoms. The van der Waals surface area contributed by atoms with Crippen molar-refractivity contribution in [1.29, 1.82) is 0 Å². The number of fused-ring (bicyclic) bond motifs is 1. The molecule has 0 bridgehead atoms. The van der Waals surface area contributed by atoms with Crippen LogP contribution in [0.4, 0.5) is 5.82 Å². The van der Waals surface area contributed by atoms with Crippen molar-refractivity contribution in [3.05, 3.63) is 86.0 Å². The van der Waals surface area contributed by atoms with Crippen molar-refractivity contribution in [2.45, 2.75) is 0 Å². The zero-order valence-electron chi connectivity index (χ0n) is 13.4. The number of hydrogen-bond acceptors (Lipinski definition) is 2. The minimum absolute atomic E-state index is 0.548. The Kier molecular flexibility index (Phi) is 4.98. The molecule has 128 valence electrons. The van der Waals surface area contributed by atoms with Crippen molar-refractivity contribution in [2.24, 2.45) is 4.99 Å². The molecule has 0 saturated carbocycles. The molecule has 0 radical (unpaired) electrons. The average molecular weight is 492 g/mol. The first-order valence-corrected chi connectivity index (χ1v) is 9.67. The Balaban J connectivity index is 1.88. The van der Waals surface area contributed by atoms with Gasteiger partial charge >= 0.3 is 0 Å². The van der Waals surface area contributed by atoms with Crippen molar-refractivity contribution in [3.63, 3.8) is 0 Å². The molecule has 0 amide bonds. The van der Waals surface area contributed by atoms with Gasteiger partial charge < -0.3 is 0 Å². The number of imidazole rings is 1. The van der Waals surface area contributed by atoms with Crippen LogP contribution in [0, 0.1) is 3.57 Å². The zero-order chi connectivity index (χ0) is 18.1. The van der Waals surface area contributed by atoms with Gasteiger partial charge in [0.05, 0.1) is 5.02 Å². The van der Waals surface area contributed by atoms with E-state index in [9.17, 15) is 0 Å². The first kappa shape index (κ1) is 17.5. The summed E-state index contributed by atoms with van der Waals surface area (Å²) in [5, 5.41) is 1.14. The van der Waals surface area contributed by atoms with Crippen molar-refractivity contribution in [1.82, 2.24) is 9.38 Å². The molecule has 3 nitrogen and oxygen atoms in total. The lowest BCUT2D eigenvalue weighted by Crippen LogP contribution is -1.86. The normalized spacial score (nSPS) is 11.5. The predicted molar refractivity (Wildman–Crippen MR) is 117 cm³/mol. The molecule has 6 heteroatoms. The Morgan fingerprint density at radius 3 is 2.58 bits per heavy atom. The zero-order valence-corrected chi connectivity index (χ0v) is 17.1. The van der Waals surface area contributed by atoms with Gasteiger partial charge in [0.2, 0.25) is 0 Å². The molecule has 2 heterocycles. The summed E-state index contributed by atoms with van der Waals surface area (Å²) in [5.41, 5.74) is 3.35. The third-order valence-corrected chi connectivity index (χ3v) is 5.16. The van der Waals surface area contributed by atoms with Crippen LogP contribution in [0.15, 0.2) is 71.9 Å². The molecule has 0 atom stereocenters. The van der Waals surface area contributed by atoms with Crippen LogP contribution in [-0.2, 0) is 0 Å². The van der Waals surface area contributed by atoms with Gasteiger partial charge in [-0.15, -0.1) is 0 Å². The van der Waals surface area contributed by atoms with Gasteiger partial charge in [-0.3, -0.25) is 4.40 Å². The topological polar surface area (TPSA) is 29.7 Å². The number of aliphatic imine (C=N–C) groups is 1. The molecule has 26 heavy (non-hydrogen) atoms. The van der Waals surface area contributed by atoms with E-state index >= 15 is 0 Å². The van der Waals surface area contributed by atoms with Gasteiger partial charge in [0.15, 0.2) is 5.82 Å². The standard InChI is InChI=1S/C20H12Cl2IN3/c21-14-6-9-16(17(22)11-14)19-20(26-10-2-1-3-18(26)25-19)24-12-13-4-7-15(23)8-5-13/h1-12H. The fourth-order valence-corrected chi connectivity index (χ4v) is 3.51. The lowest BCUT2D eigenvalue weighted by Gasteiger charge is -2.03. The number of pyridine rings is 1. The van der Waals surface area contributed by atoms with Crippen molar-refractivity contribution < 1.29 is 0 Å². The summed E-state index contributed by atoms with van der Waals surface area (Å²) in [4.78, 5) is 9.44. The molecular formula is C20H12Cl2IN3. The van der Waals surface area contributed by atoms with Gasteiger partial charge in [-0.1, -0.05) is 41.4 Å². The van der Waals surface area contributed by atoms with Crippen LogP contribution in [0.2, 0.25) is 10.0 Å². The van der Waals surface area contributed by atoms with Crippen LogP contribution in [0.3, 0.4) is 0 Å². The number of rotatable bonds is 3. The molecule has 2 aromatic carbocycles. The lowest BCUT2D eigenvalue weighted by molar-refractivity contribution is 1.17. The third-order valence-electron chi connectivity index (χ3n) is 3.90. The van der Waals surface area contributed by atoms with E-state index < -0.39 is 0 Å². The minimum atomic E-state index is 0.548. The van der Waals surface area contributed by atoms with E-state index in [1.165, 1.54) is 3.57 Å². The molecule has 0 saturated heterocycles. The van der Waals surface area contributed by atoms with E-state index in [-0.39, 0.29) is 0 Å². The molecule has 2 aromatic heterocycles. The first-order chi connectivity index (χ1) is 12.6. The largest absolute Gasteiger partial charge is 0.284 e. The Morgan fingerprint density at radius 2 is 1.81 bits per heavy atom. The molecule has 0 aliphatic rings. The molecule has 0 aliphatic heterocycles. The Hall–Kier alpha value is -1.89. The highest BCUT2D eigenvalue weighted by atomic mass is 127. The van der Waals surface area contributed by atoms with E-state index in [0.717, 1.165) is 28.3 Å². The third kappa shape index (κ3) is 3.49. The lowest BCUT2D eigenvalue weighted by atomic mass is 10.1. The number of benzene rings is 2. The number of aromatic nitrogens is 2. The van der Waals surface area contributed by atoms with E-state index in [1.54, 1.807) is 12.1 Å². The summed E-state index contributed by atoms with van der Waals surface area (Å²) >= 11 is 14.7. The SMILES string of the molecule is Clc1ccc(-c2nc3ccccn3c2N=Cc2ccc(I)cc2)c(Cl)c1. The first-order valence-electron chi connectivity index (χ1n) is 7.84. The maximum atomic E-state index is 6.41. The molecule has 0 fully saturated rings. The summed E-state index contributed by atoms with van der Waals surface area (Å²) in [5.74, 6) is 0.725. The molecular weight excluding hydrogens is 480 g/mol. The Labute approximate surface area is 174 Å². The molecule has 4 rings (SSSR count). The van der Waals surface area contributed by atoms with Crippen LogP contribution < -0.4 is 0 Å². The fourth-order valence-electron chi connectivity index (χ4n) is 2.65. The summed E-state index contributed by atoms with van der Waals surface area (Å²) in [7, 11) is 0. The van der Waals surface area contributed by atoms with E-state index in [1.807, 2.05) is 65.3 Å². The van der Waals surface area contributed by atoms with Crippen molar-refractivity contribution in [2.75, 3.05) is 0 Å². The summed E-state index contributed by atoms with van der Waals surface area (Å²) < 4.78 is 3.13. The van der Waals surface area contributed by atoms with Crippen LogP contribution in [0.1, 0.15) is 5.56 Å². The predicted octanol–water partition coefficient (Wildman–Crippen LogP) is 6.66. The molecule has 0 N–H and O–H groups in total. The highest BCUT2D eigenvalue weighted by Crippen LogP contribution is 2.36. The average Bonchev–Trinajstić information content (AvgIpc) is 2.99. The number of hydrogen-bond donors (Lipinski definition) is 0. The van der Waals surface area contributed by atoms with Crippen LogP contribution in [-0.4, -0.2) is 15.6 Å². The second-order valence-corrected chi connectivity index (χ2v) is 7.74. The Bertz CT molecular complexity index is 1120. The number of halogens is 3. The monoisotopic (exact) mass is 491 g/mol. The van der Waals surface area contributed by atoms with Crippen LogP contribution in [0.5, 0.6) is 0 Å². The maximum Gasteiger partial charge on any atom is 0.165 e. The summed E-state index contributed by atoms with van der Waals surface area (Å²) in [6.45, 7) is 0. The maximum absolute atomic E-state index is 6.41. The summed E-state index contributed by atoms with van der Waals surface area (Å²) in [6.07, 6.45) is 3.77. The van der Waals surface area contributed by atoms with Crippen LogP contribution >= 0.6 is 45.8 Å². The van der Waals surface area contributed by atoms with Crippen molar-refractivity contribution in [3.8, 4) is 11.3 Å². The second-order valence-electron chi connectivity index (χ2n) is 5.65. The van der Waals surface area contributed by atoms with E-state index in [2.05, 4.69) is 22.6 Å². The second kappa shape index (κ2) is 7.39. The smallest absolute Gasteiger partial charge is 0.165 e. The number of nitrogens with zero attached hydrogens (tertiary/aromatic N) is 3. The highest BCUT2D eigenvalue weighted by Gasteiger charge is 2.15. The van der Waals surface area contributed by atoms with Crippen LogP contribution in [0.25, 0.3) is 16.9 Å². The minimum Gasteiger partial charge on any atom is -0.284 e. The van der Waals surface area contributed by atoms with Gasteiger partial charge in [0.25, 0.3) is 0 Å². The van der Waals surface area contributed by atoms with Crippen molar-refractivity contribution >= 4 is 63.5 Å². The quantitative estimate of drug-likeness (QED) is 0.232. The molecule has 4 aromatic rings. The Morgan fingerprint density at radius 1 is 1.00 bits per heavy atom.